The first kappa shape index (κ1) is 15.9. The van der Waals surface area contributed by atoms with E-state index in [9.17, 15) is 9.59 Å². The van der Waals surface area contributed by atoms with Crippen molar-refractivity contribution in [2.45, 2.75) is 46.1 Å². The van der Waals surface area contributed by atoms with Gasteiger partial charge in [0.15, 0.2) is 0 Å². The fraction of sp³-hybridized carbons (Fsp3) is 0.833. The Bertz CT molecular complexity index is 242. The summed E-state index contributed by atoms with van der Waals surface area (Å²) in [6, 6.07) is 0.154. The molecule has 0 fully saturated rings. The third-order valence-electron chi connectivity index (χ3n) is 2.31. The summed E-state index contributed by atoms with van der Waals surface area (Å²) < 4.78 is 0. The van der Waals surface area contributed by atoms with E-state index in [1.165, 1.54) is 0 Å². The van der Waals surface area contributed by atoms with Crippen LogP contribution < -0.4 is 16.4 Å². The third kappa shape index (κ3) is 9.81. The number of carbonyl (C=O) groups is 2. The largest absolute Gasteiger partial charge is 0.356 e. The van der Waals surface area contributed by atoms with Gasteiger partial charge in [-0.05, 0) is 32.7 Å². The lowest BCUT2D eigenvalue weighted by molar-refractivity contribution is -0.122. The highest BCUT2D eigenvalue weighted by atomic mass is 16.2. The van der Waals surface area contributed by atoms with Crippen molar-refractivity contribution in [2.24, 2.45) is 11.7 Å². The summed E-state index contributed by atoms with van der Waals surface area (Å²) in [5, 5.41) is 5.59. The molecule has 0 aliphatic heterocycles. The molecule has 0 rings (SSSR count). The number of nitrogens with two attached hydrogens (primary N) is 1. The van der Waals surface area contributed by atoms with Gasteiger partial charge in [0, 0.05) is 25.4 Å². The van der Waals surface area contributed by atoms with Crippen LogP contribution in [0, 0.1) is 5.92 Å². The topological polar surface area (TPSA) is 84.2 Å². The maximum atomic E-state index is 11.4. The van der Waals surface area contributed by atoms with Gasteiger partial charge in [0.2, 0.25) is 11.8 Å². The van der Waals surface area contributed by atoms with E-state index in [1.54, 1.807) is 0 Å². The zero-order valence-corrected chi connectivity index (χ0v) is 11.1. The number of hydrogen-bond acceptors (Lipinski definition) is 3. The second kappa shape index (κ2) is 8.98. The SMILES string of the molecule is CC(CN)CNC(=O)CCCC(=O)NC(C)C. The molecule has 1 atom stereocenters. The lowest BCUT2D eigenvalue weighted by Gasteiger charge is -2.10. The van der Waals surface area contributed by atoms with Crippen LogP contribution in [0.15, 0.2) is 0 Å². The molecule has 0 saturated heterocycles. The fourth-order valence-electron chi connectivity index (χ4n) is 1.26. The van der Waals surface area contributed by atoms with E-state index in [0.717, 1.165) is 0 Å². The quantitative estimate of drug-likeness (QED) is 0.576. The molecule has 5 nitrogen and oxygen atoms in total. The first-order valence-corrected chi connectivity index (χ1v) is 6.21. The Hall–Kier alpha value is -1.10. The molecule has 0 heterocycles. The summed E-state index contributed by atoms with van der Waals surface area (Å²) in [7, 11) is 0. The number of nitrogens with one attached hydrogen (secondary N) is 2. The van der Waals surface area contributed by atoms with Crippen LogP contribution >= 0.6 is 0 Å². The molecule has 0 aromatic rings. The fourth-order valence-corrected chi connectivity index (χ4v) is 1.26. The Kier molecular flexibility index (Phi) is 8.40. The summed E-state index contributed by atoms with van der Waals surface area (Å²) in [6.45, 7) is 6.98. The molecule has 0 spiro atoms. The molecule has 0 aliphatic rings. The Morgan fingerprint density at radius 2 is 1.71 bits per heavy atom. The average molecular weight is 243 g/mol. The second-order valence-electron chi connectivity index (χ2n) is 4.72. The molecule has 0 aliphatic carbocycles. The lowest BCUT2D eigenvalue weighted by Crippen LogP contribution is -2.32. The normalized spacial score (nSPS) is 12.3. The van der Waals surface area contributed by atoms with Crippen LogP contribution in [0.1, 0.15) is 40.0 Å². The van der Waals surface area contributed by atoms with E-state index in [-0.39, 0.29) is 17.9 Å². The predicted molar refractivity (Wildman–Crippen MR) is 68.4 cm³/mol. The van der Waals surface area contributed by atoms with Crippen molar-refractivity contribution >= 4 is 11.8 Å². The van der Waals surface area contributed by atoms with Crippen LogP contribution in [-0.2, 0) is 9.59 Å². The van der Waals surface area contributed by atoms with Crippen molar-refractivity contribution in [2.75, 3.05) is 13.1 Å². The minimum Gasteiger partial charge on any atom is -0.356 e. The van der Waals surface area contributed by atoms with Crippen LogP contribution in [0.4, 0.5) is 0 Å². The highest BCUT2D eigenvalue weighted by molar-refractivity contribution is 5.78. The van der Waals surface area contributed by atoms with Crippen molar-refractivity contribution < 1.29 is 9.59 Å². The molecule has 2 amide bonds. The van der Waals surface area contributed by atoms with E-state index in [4.69, 9.17) is 5.73 Å². The molecule has 0 radical (unpaired) electrons. The van der Waals surface area contributed by atoms with Gasteiger partial charge in [0.05, 0.1) is 0 Å². The van der Waals surface area contributed by atoms with Crippen molar-refractivity contribution in [3.05, 3.63) is 0 Å². The Labute approximate surface area is 104 Å². The van der Waals surface area contributed by atoms with Gasteiger partial charge in [-0.3, -0.25) is 9.59 Å². The number of rotatable bonds is 8. The Balaban J connectivity index is 3.54. The number of hydrogen-bond donors (Lipinski definition) is 3. The molecule has 1 unspecified atom stereocenters. The maximum absolute atomic E-state index is 11.4. The van der Waals surface area contributed by atoms with Crippen molar-refractivity contribution in [1.82, 2.24) is 10.6 Å². The predicted octanol–water partition coefficient (Wildman–Crippen LogP) is 0.392. The smallest absolute Gasteiger partial charge is 0.220 e. The minimum absolute atomic E-state index is 0.00289. The van der Waals surface area contributed by atoms with E-state index in [0.29, 0.717) is 38.3 Å². The molecule has 100 valence electrons. The summed E-state index contributed by atoms with van der Waals surface area (Å²) in [6.07, 6.45) is 1.38. The maximum Gasteiger partial charge on any atom is 0.220 e. The van der Waals surface area contributed by atoms with Crippen LogP contribution in [0.5, 0.6) is 0 Å². The zero-order chi connectivity index (χ0) is 13.3. The first-order valence-electron chi connectivity index (χ1n) is 6.21. The van der Waals surface area contributed by atoms with Gasteiger partial charge in [-0.15, -0.1) is 0 Å². The standard InChI is InChI=1S/C12H25N3O2/c1-9(2)15-12(17)6-4-5-11(16)14-8-10(3)7-13/h9-10H,4-8,13H2,1-3H3,(H,14,16)(H,15,17). The first-order chi connectivity index (χ1) is 7.95. The zero-order valence-electron chi connectivity index (χ0n) is 11.1. The van der Waals surface area contributed by atoms with Gasteiger partial charge in [-0.2, -0.15) is 0 Å². The van der Waals surface area contributed by atoms with Gasteiger partial charge < -0.3 is 16.4 Å². The Morgan fingerprint density at radius 1 is 1.12 bits per heavy atom. The van der Waals surface area contributed by atoms with Crippen molar-refractivity contribution in [1.29, 1.82) is 0 Å². The van der Waals surface area contributed by atoms with Crippen LogP contribution in [-0.4, -0.2) is 30.9 Å². The van der Waals surface area contributed by atoms with E-state index >= 15 is 0 Å². The highest BCUT2D eigenvalue weighted by Crippen LogP contribution is 1.97. The highest BCUT2D eigenvalue weighted by Gasteiger charge is 2.07. The van der Waals surface area contributed by atoms with E-state index < -0.39 is 0 Å². The van der Waals surface area contributed by atoms with Crippen molar-refractivity contribution in [3.8, 4) is 0 Å². The molecule has 0 aromatic carbocycles. The van der Waals surface area contributed by atoms with Gasteiger partial charge >= 0.3 is 0 Å². The van der Waals surface area contributed by atoms with Crippen LogP contribution in [0.25, 0.3) is 0 Å². The molecular formula is C12H25N3O2. The summed E-state index contributed by atoms with van der Waals surface area (Å²) >= 11 is 0. The molecule has 0 aromatic heterocycles. The number of carbonyl (C=O) groups excluding carboxylic acids is 2. The van der Waals surface area contributed by atoms with Gasteiger partial charge in [-0.1, -0.05) is 6.92 Å². The summed E-state index contributed by atoms with van der Waals surface area (Å²) in [4.78, 5) is 22.7. The molecule has 4 N–H and O–H groups in total. The monoisotopic (exact) mass is 243 g/mol. The molecular weight excluding hydrogens is 218 g/mol. The Morgan fingerprint density at radius 3 is 2.24 bits per heavy atom. The second-order valence-corrected chi connectivity index (χ2v) is 4.72. The molecule has 17 heavy (non-hydrogen) atoms. The van der Waals surface area contributed by atoms with Gasteiger partial charge in [-0.25, -0.2) is 0 Å². The molecule has 5 heteroatoms. The van der Waals surface area contributed by atoms with Gasteiger partial charge in [0.25, 0.3) is 0 Å². The molecule has 0 saturated carbocycles. The third-order valence-corrected chi connectivity index (χ3v) is 2.31. The molecule has 0 bridgehead atoms. The minimum atomic E-state index is -0.0114. The summed E-state index contributed by atoms with van der Waals surface area (Å²) in [5.74, 6) is 0.286. The summed E-state index contributed by atoms with van der Waals surface area (Å²) in [5.41, 5.74) is 5.44. The van der Waals surface area contributed by atoms with E-state index in [1.807, 2.05) is 20.8 Å². The van der Waals surface area contributed by atoms with Crippen molar-refractivity contribution in [3.63, 3.8) is 0 Å². The van der Waals surface area contributed by atoms with Crippen LogP contribution in [0.3, 0.4) is 0 Å². The average Bonchev–Trinajstić information content (AvgIpc) is 2.24. The van der Waals surface area contributed by atoms with Gasteiger partial charge in [0.1, 0.15) is 0 Å². The van der Waals surface area contributed by atoms with Crippen LogP contribution in [0.2, 0.25) is 0 Å². The number of amides is 2. The lowest BCUT2D eigenvalue weighted by atomic mass is 10.1. The van der Waals surface area contributed by atoms with E-state index in [2.05, 4.69) is 10.6 Å².